The van der Waals surface area contributed by atoms with Gasteiger partial charge in [0, 0.05) is 16.1 Å². The van der Waals surface area contributed by atoms with Gasteiger partial charge in [0.25, 0.3) is 0 Å². The molecular formula is C22H21BrN2O5S. The molecule has 0 radical (unpaired) electrons. The number of imide groups is 1. The molecule has 2 saturated heterocycles. The number of anilines is 1. The first-order valence-electron chi connectivity index (χ1n) is 9.73. The van der Waals surface area contributed by atoms with Crippen molar-refractivity contribution in [2.45, 2.75) is 18.0 Å². The van der Waals surface area contributed by atoms with Gasteiger partial charge >= 0.3 is 5.97 Å². The highest BCUT2D eigenvalue weighted by atomic mass is 79.9. The highest BCUT2D eigenvalue weighted by Gasteiger charge is 2.68. The molecule has 2 aromatic rings. The van der Waals surface area contributed by atoms with Gasteiger partial charge in [0.1, 0.15) is 11.3 Å². The molecule has 31 heavy (non-hydrogen) atoms. The second-order valence-electron chi connectivity index (χ2n) is 7.69. The van der Waals surface area contributed by atoms with Gasteiger partial charge in [-0.15, -0.1) is 0 Å². The fourth-order valence-electron chi connectivity index (χ4n) is 4.66. The van der Waals surface area contributed by atoms with E-state index in [0.717, 1.165) is 9.37 Å². The lowest BCUT2D eigenvalue weighted by molar-refractivity contribution is -0.148. The molecule has 0 bridgehead atoms. The Labute approximate surface area is 191 Å². The first kappa shape index (κ1) is 21.9. The van der Waals surface area contributed by atoms with Gasteiger partial charge in [-0.05, 0) is 48.8 Å². The van der Waals surface area contributed by atoms with Crippen molar-refractivity contribution < 1.29 is 24.6 Å². The van der Waals surface area contributed by atoms with Crippen LogP contribution in [0.5, 0.6) is 5.75 Å². The topological polar surface area (TPSA) is 107 Å². The third-order valence-corrected chi connectivity index (χ3v) is 7.23. The van der Waals surface area contributed by atoms with Gasteiger partial charge in [0.2, 0.25) is 11.8 Å². The molecule has 2 fully saturated rings. The molecule has 2 amide bonds. The number of para-hydroxylation sites is 1. The van der Waals surface area contributed by atoms with E-state index in [-0.39, 0.29) is 12.2 Å². The van der Waals surface area contributed by atoms with Crippen molar-refractivity contribution in [3.63, 3.8) is 0 Å². The number of aliphatic carboxylic acids is 1. The SMILES string of the molecule is CSCC[C@]1(C(=O)O)N[C@H](c2ccccc2O)[C@H]2C(=O)N(c3ccc(Br)cc3)C(=O)[C@@H]21. The number of carbonyl (C=O) groups excluding carboxylic acids is 2. The summed E-state index contributed by atoms with van der Waals surface area (Å²) in [4.78, 5) is 40.7. The number of carboxylic acid groups (broad SMARTS) is 1. The van der Waals surface area contributed by atoms with Gasteiger partial charge in [-0.1, -0.05) is 34.1 Å². The summed E-state index contributed by atoms with van der Waals surface area (Å²) < 4.78 is 0.796. The molecular weight excluding hydrogens is 484 g/mol. The fourth-order valence-corrected chi connectivity index (χ4v) is 5.45. The van der Waals surface area contributed by atoms with E-state index in [1.54, 1.807) is 42.5 Å². The molecule has 0 aromatic heterocycles. The molecule has 162 valence electrons. The van der Waals surface area contributed by atoms with Crippen molar-refractivity contribution in [2.24, 2.45) is 11.8 Å². The predicted molar refractivity (Wildman–Crippen MR) is 121 cm³/mol. The summed E-state index contributed by atoms with van der Waals surface area (Å²) in [5, 5.41) is 23.8. The van der Waals surface area contributed by atoms with E-state index >= 15 is 0 Å². The van der Waals surface area contributed by atoms with Crippen LogP contribution in [0.2, 0.25) is 0 Å². The number of phenols is 1. The maximum absolute atomic E-state index is 13.5. The minimum atomic E-state index is -1.61. The molecule has 0 spiro atoms. The fraction of sp³-hybridized carbons (Fsp3) is 0.318. The Balaban J connectivity index is 1.86. The summed E-state index contributed by atoms with van der Waals surface area (Å²) >= 11 is 4.81. The molecule has 2 aromatic carbocycles. The van der Waals surface area contributed by atoms with Crippen LogP contribution in [0.3, 0.4) is 0 Å². The number of amides is 2. The largest absolute Gasteiger partial charge is 0.508 e. The number of carbonyl (C=O) groups is 3. The van der Waals surface area contributed by atoms with Gasteiger partial charge in [-0.3, -0.25) is 19.7 Å². The van der Waals surface area contributed by atoms with E-state index in [0.29, 0.717) is 17.0 Å². The van der Waals surface area contributed by atoms with E-state index in [2.05, 4.69) is 21.2 Å². The molecule has 2 heterocycles. The van der Waals surface area contributed by atoms with Crippen LogP contribution in [-0.2, 0) is 14.4 Å². The Hall–Kier alpha value is -2.36. The highest BCUT2D eigenvalue weighted by Crippen LogP contribution is 2.52. The number of carboxylic acids is 1. The predicted octanol–water partition coefficient (Wildman–Crippen LogP) is 3.18. The molecule has 0 unspecified atom stereocenters. The van der Waals surface area contributed by atoms with E-state index in [1.165, 1.54) is 17.8 Å². The van der Waals surface area contributed by atoms with Crippen LogP contribution in [0.4, 0.5) is 5.69 Å². The summed E-state index contributed by atoms with van der Waals surface area (Å²) in [5.41, 5.74) is -0.811. The molecule has 4 atom stereocenters. The van der Waals surface area contributed by atoms with Crippen molar-refractivity contribution in [2.75, 3.05) is 16.9 Å². The van der Waals surface area contributed by atoms with Crippen LogP contribution in [0.15, 0.2) is 53.0 Å². The molecule has 7 nitrogen and oxygen atoms in total. The zero-order chi connectivity index (χ0) is 22.3. The number of hydrogen-bond donors (Lipinski definition) is 3. The lowest BCUT2D eigenvalue weighted by Gasteiger charge is -2.31. The number of benzene rings is 2. The summed E-state index contributed by atoms with van der Waals surface area (Å²) in [6.45, 7) is 0. The van der Waals surface area contributed by atoms with Crippen LogP contribution >= 0.6 is 27.7 Å². The Morgan fingerprint density at radius 1 is 1.16 bits per heavy atom. The average Bonchev–Trinajstić information content (AvgIpc) is 3.22. The Kier molecular flexibility index (Phi) is 5.85. The summed E-state index contributed by atoms with van der Waals surface area (Å²) in [7, 11) is 0. The number of thioether (sulfide) groups is 1. The van der Waals surface area contributed by atoms with E-state index < -0.39 is 41.2 Å². The highest BCUT2D eigenvalue weighted by molar-refractivity contribution is 9.10. The number of rotatable bonds is 6. The summed E-state index contributed by atoms with van der Waals surface area (Å²) in [6, 6.07) is 12.4. The Morgan fingerprint density at radius 3 is 2.45 bits per heavy atom. The minimum absolute atomic E-state index is 0.0489. The van der Waals surface area contributed by atoms with Crippen LogP contribution < -0.4 is 10.2 Å². The molecule has 2 aliphatic rings. The average molecular weight is 505 g/mol. The van der Waals surface area contributed by atoms with Crippen LogP contribution in [0.1, 0.15) is 18.0 Å². The molecule has 3 N–H and O–H groups in total. The zero-order valence-electron chi connectivity index (χ0n) is 16.6. The van der Waals surface area contributed by atoms with Crippen molar-refractivity contribution in [1.29, 1.82) is 0 Å². The first-order valence-corrected chi connectivity index (χ1v) is 11.9. The first-order chi connectivity index (χ1) is 14.8. The van der Waals surface area contributed by atoms with Crippen molar-refractivity contribution in [3.8, 4) is 5.75 Å². The summed E-state index contributed by atoms with van der Waals surface area (Å²) in [5.74, 6) is -3.76. The number of phenolic OH excluding ortho intramolecular Hbond substituents is 1. The van der Waals surface area contributed by atoms with E-state index in [9.17, 15) is 24.6 Å². The number of nitrogens with zero attached hydrogens (tertiary/aromatic N) is 1. The smallest absolute Gasteiger partial charge is 0.324 e. The van der Waals surface area contributed by atoms with Gasteiger partial charge in [-0.25, -0.2) is 4.90 Å². The van der Waals surface area contributed by atoms with E-state index in [1.807, 2.05) is 6.26 Å². The summed E-state index contributed by atoms with van der Waals surface area (Å²) in [6.07, 6.45) is 2.03. The molecule has 4 rings (SSSR count). The standard InChI is InChI=1S/C22H21BrN2O5S/c1-31-11-10-22(21(29)30)17-16(18(24-22)14-4-2-3-5-15(14)26)19(27)25(20(17)28)13-8-6-12(23)7-9-13/h2-9,16-18,24,26H,10-11H2,1H3,(H,29,30)/t16-,17+,18+,22-/m0/s1. The van der Waals surface area contributed by atoms with Gasteiger partial charge in [-0.2, -0.15) is 11.8 Å². The second-order valence-corrected chi connectivity index (χ2v) is 9.59. The van der Waals surface area contributed by atoms with Crippen molar-refractivity contribution >= 4 is 51.2 Å². The number of hydrogen-bond acceptors (Lipinski definition) is 6. The Morgan fingerprint density at radius 2 is 1.84 bits per heavy atom. The molecule has 0 aliphatic carbocycles. The number of aromatic hydroxyl groups is 1. The lowest BCUT2D eigenvalue weighted by atomic mass is 9.78. The molecule has 0 saturated carbocycles. The van der Waals surface area contributed by atoms with E-state index in [4.69, 9.17) is 0 Å². The second kappa shape index (κ2) is 8.29. The Bertz CT molecular complexity index is 1050. The third kappa shape index (κ3) is 3.44. The molecule has 2 aliphatic heterocycles. The van der Waals surface area contributed by atoms with Gasteiger partial charge in [0.15, 0.2) is 0 Å². The maximum Gasteiger partial charge on any atom is 0.324 e. The maximum atomic E-state index is 13.5. The van der Waals surface area contributed by atoms with Crippen molar-refractivity contribution in [3.05, 3.63) is 58.6 Å². The third-order valence-electron chi connectivity index (χ3n) is 6.09. The number of halogens is 1. The van der Waals surface area contributed by atoms with Crippen LogP contribution in [-0.4, -0.2) is 45.5 Å². The van der Waals surface area contributed by atoms with Gasteiger partial charge < -0.3 is 10.2 Å². The monoisotopic (exact) mass is 504 g/mol. The van der Waals surface area contributed by atoms with Crippen LogP contribution in [0, 0.1) is 11.8 Å². The van der Waals surface area contributed by atoms with Crippen LogP contribution in [0.25, 0.3) is 0 Å². The minimum Gasteiger partial charge on any atom is -0.508 e. The quantitative estimate of drug-likeness (QED) is 0.518. The van der Waals surface area contributed by atoms with Crippen molar-refractivity contribution in [1.82, 2.24) is 5.32 Å². The van der Waals surface area contributed by atoms with Gasteiger partial charge in [0.05, 0.1) is 17.5 Å². The number of fused-ring (bicyclic) bond motifs is 1. The molecule has 9 heteroatoms. The zero-order valence-corrected chi connectivity index (χ0v) is 19.0. The number of nitrogens with one attached hydrogen (secondary N) is 1. The normalized spacial score (nSPS) is 27.5. The lowest BCUT2D eigenvalue weighted by Crippen LogP contribution is -2.56.